The van der Waals surface area contributed by atoms with E-state index in [1.165, 1.54) is 0 Å². The van der Waals surface area contributed by atoms with E-state index in [4.69, 9.17) is 5.11 Å². The van der Waals surface area contributed by atoms with Crippen LogP contribution >= 0.6 is 22.7 Å². The van der Waals surface area contributed by atoms with Crippen molar-refractivity contribution in [3.05, 3.63) is 28.6 Å². The fourth-order valence-corrected chi connectivity index (χ4v) is 3.67. The van der Waals surface area contributed by atoms with Crippen molar-refractivity contribution in [1.82, 2.24) is 10.3 Å². The van der Waals surface area contributed by atoms with Crippen molar-refractivity contribution < 1.29 is 9.90 Å². The number of hydrogen-bond donors (Lipinski definition) is 2. The molecule has 4 nitrogen and oxygen atoms in total. The summed E-state index contributed by atoms with van der Waals surface area (Å²) >= 11 is 3.21. The quantitative estimate of drug-likeness (QED) is 0.823. The molecule has 114 valence electrons. The van der Waals surface area contributed by atoms with E-state index >= 15 is 0 Å². The van der Waals surface area contributed by atoms with Gasteiger partial charge in [-0.3, -0.25) is 4.79 Å². The summed E-state index contributed by atoms with van der Waals surface area (Å²) in [5.41, 5.74) is 0.799. The van der Waals surface area contributed by atoms with Crippen LogP contribution in [0, 0.1) is 5.92 Å². The fourth-order valence-electron chi connectivity index (χ4n) is 2.04. The molecule has 0 saturated carbocycles. The third kappa shape index (κ3) is 4.62. The molecule has 0 aliphatic rings. The Bertz CT molecular complexity index is 564. The average molecular weight is 324 g/mol. The topological polar surface area (TPSA) is 62.2 Å². The Balaban J connectivity index is 1.93. The van der Waals surface area contributed by atoms with E-state index in [0.717, 1.165) is 15.6 Å². The number of amides is 1. The summed E-state index contributed by atoms with van der Waals surface area (Å²) in [6.45, 7) is 4.17. The molecule has 0 fully saturated rings. The molecule has 0 radical (unpaired) electrons. The summed E-state index contributed by atoms with van der Waals surface area (Å²) < 4.78 is 0. The van der Waals surface area contributed by atoms with Gasteiger partial charge < -0.3 is 10.4 Å². The van der Waals surface area contributed by atoms with Crippen LogP contribution in [0.5, 0.6) is 0 Å². The van der Waals surface area contributed by atoms with Gasteiger partial charge in [0.1, 0.15) is 5.01 Å². The van der Waals surface area contributed by atoms with Crippen molar-refractivity contribution in [3.8, 4) is 9.88 Å². The molecule has 2 heterocycles. The molecule has 1 amide bonds. The number of aliphatic hydroxyl groups is 1. The van der Waals surface area contributed by atoms with Crippen molar-refractivity contribution in [2.24, 2.45) is 5.92 Å². The maximum absolute atomic E-state index is 12.1. The SMILES string of the molecule is CC(C)C(CCO)NC(=O)Cc1csc(-c2cccs2)n1. The van der Waals surface area contributed by atoms with E-state index in [0.29, 0.717) is 12.3 Å². The normalized spacial score (nSPS) is 12.6. The number of aromatic nitrogens is 1. The monoisotopic (exact) mass is 324 g/mol. The number of hydrogen-bond acceptors (Lipinski definition) is 5. The predicted octanol–water partition coefficient (Wildman–Crippen LogP) is 2.94. The Kier molecular flexibility index (Phi) is 5.90. The second kappa shape index (κ2) is 7.68. The molecule has 0 saturated heterocycles. The van der Waals surface area contributed by atoms with Crippen LogP contribution in [0.15, 0.2) is 22.9 Å². The number of thiophene rings is 1. The van der Waals surface area contributed by atoms with Gasteiger partial charge in [0, 0.05) is 18.0 Å². The van der Waals surface area contributed by atoms with Crippen LogP contribution in [0.1, 0.15) is 26.0 Å². The summed E-state index contributed by atoms with van der Waals surface area (Å²) in [5, 5.41) is 16.9. The van der Waals surface area contributed by atoms with E-state index in [-0.39, 0.29) is 25.0 Å². The lowest BCUT2D eigenvalue weighted by Gasteiger charge is -2.21. The number of aliphatic hydroxyl groups excluding tert-OH is 1. The summed E-state index contributed by atoms with van der Waals surface area (Å²) in [6.07, 6.45) is 0.872. The first-order valence-corrected chi connectivity index (χ1v) is 8.74. The van der Waals surface area contributed by atoms with Crippen LogP contribution in [0.2, 0.25) is 0 Å². The highest BCUT2D eigenvalue weighted by Gasteiger charge is 2.17. The number of carbonyl (C=O) groups is 1. The lowest BCUT2D eigenvalue weighted by Crippen LogP contribution is -2.40. The van der Waals surface area contributed by atoms with E-state index < -0.39 is 0 Å². The van der Waals surface area contributed by atoms with Gasteiger partial charge in [-0.25, -0.2) is 4.98 Å². The van der Waals surface area contributed by atoms with E-state index in [2.05, 4.69) is 10.3 Å². The maximum Gasteiger partial charge on any atom is 0.226 e. The first-order chi connectivity index (χ1) is 10.1. The van der Waals surface area contributed by atoms with Gasteiger partial charge in [0.2, 0.25) is 5.91 Å². The zero-order valence-electron chi connectivity index (χ0n) is 12.2. The van der Waals surface area contributed by atoms with Crippen LogP contribution in [0.25, 0.3) is 9.88 Å². The molecule has 2 aromatic rings. The summed E-state index contributed by atoms with van der Waals surface area (Å²) in [4.78, 5) is 17.7. The van der Waals surface area contributed by atoms with Crippen molar-refractivity contribution in [3.63, 3.8) is 0 Å². The molecule has 1 atom stereocenters. The third-order valence-electron chi connectivity index (χ3n) is 3.22. The molecule has 2 N–H and O–H groups in total. The van der Waals surface area contributed by atoms with Gasteiger partial charge in [-0.1, -0.05) is 19.9 Å². The fraction of sp³-hybridized carbons (Fsp3) is 0.467. The molecule has 0 aliphatic carbocycles. The van der Waals surface area contributed by atoms with Crippen molar-refractivity contribution >= 4 is 28.6 Å². The van der Waals surface area contributed by atoms with Gasteiger partial charge in [-0.05, 0) is 23.8 Å². The molecule has 0 aliphatic heterocycles. The predicted molar refractivity (Wildman–Crippen MR) is 87.6 cm³/mol. The van der Waals surface area contributed by atoms with Crippen molar-refractivity contribution in [1.29, 1.82) is 0 Å². The molecule has 0 aromatic carbocycles. The van der Waals surface area contributed by atoms with E-state index in [9.17, 15) is 4.79 Å². The summed E-state index contributed by atoms with van der Waals surface area (Å²) in [5.74, 6) is 0.267. The van der Waals surface area contributed by atoms with Crippen LogP contribution < -0.4 is 5.32 Å². The molecule has 1 unspecified atom stereocenters. The van der Waals surface area contributed by atoms with Crippen LogP contribution in [-0.4, -0.2) is 28.6 Å². The van der Waals surface area contributed by atoms with Gasteiger partial charge >= 0.3 is 0 Å². The van der Waals surface area contributed by atoms with Gasteiger partial charge in [0.15, 0.2) is 0 Å². The van der Waals surface area contributed by atoms with Crippen LogP contribution in [-0.2, 0) is 11.2 Å². The van der Waals surface area contributed by atoms with E-state index in [1.807, 2.05) is 36.7 Å². The highest BCUT2D eigenvalue weighted by atomic mass is 32.1. The zero-order valence-corrected chi connectivity index (χ0v) is 13.8. The molecular weight excluding hydrogens is 304 g/mol. The average Bonchev–Trinajstić information content (AvgIpc) is 3.08. The maximum atomic E-state index is 12.1. The van der Waals surface area contributed by atoms with Gasteiger partial charge in [-0.15, -0.1) is 22.7 Å². The number of nitrogens with one attached hydrogen (secondary N) is 1. The van der Waals surface area contributed by atoms with Crippen molar-refractivity contribution in [2.75, 3.05) is 6.61 Å². The number of carbonyl (C=O) groups excluding carboxylic acids is 1. The first kappa shape index (κ1) is 16.1. The number of thiazole rings is 1. The number of nitrogens with zero attached hydrogens (tertiary/aromatic N) is 1. The highest BCUT2D eigenvalue weighted by Crippen LogP contribution is 2.27. The Morgan fingerprint density at radius 1 is 1.43 bits per heavy atom. The Labute approximate surface area is 132 Å². The standard InChI is InChI=1S/C15H20N2O2S2/c1-10(2)12(5-6-18)17-14(19)8-11-9-21-15(16-11)13-4-3-7-20-13/h3-4,7,9-10,12,18H,5-6,8H2,1-2H3,(H,17,19). The highest BCUT2D eigenvalue weighted by molar-refractivity contribution is 7.20. The molecular formula is C15H20N2O2S2. The Hall–Kier alpha value is -1.24. The van der Waals surface area contributed by atoms with Gasteiger partial charge in [0.25, 0.3) is 0 Å². The molecule has 0 spiro atoms. The van der Waals surface area contributed by atoms with Crippen LogP contribution in [0.3, 0.4) is 0 Å². The lowest BCUT2D eigenvalue weighted by molar-refractivity contribution is -0.121. The van der Waals surface area contributed by atoms with Crippen LogP contribution in [0.4, 0.5) is 0 Å². The van der Waals surface area contributed by atoms with Gasteiger partial charge in [-0.2, -0.15) is 0 Å². The molecule has 2 rings (SSSR count). The van der Waals surface area contributed by atoms with E-state index in [1.54, 1.807) is 22.7 Å². The Morgan fingerprint density at radius 3 is 2.86 bits per heavy atom. The van der Waals surface area contributed by atoms with Crippen molar-refractivity contribution in [2.45, 2.75) is 32.7 Å². The summed E-state index contributed by atoms with van der Waals surface area (Å²) in [6, 6.07) is 4.04. The van der Waals surface area contributed by atoms with Gasteiger partial charge in [0.05, 0.1) is 17.0 Å². The second-order valence-corrected chi connectivity index (χ2v) is 7.03. The largest absolute Gasteiger partial charge is 0.396 e. The first-order valence-electron chi connectivity index (χ1n) is 6.98. The minimum atomic E-state index is -0.0369. The molecule has 6 heteroatoms. The third-order valence-corrected chi connectivity index (χ3v) is 5.15. The minimum Gasteiger partial charge on any atom is -0.396 e. The molecule has 2 aromatic heterocycles. The number of rotatable bonds is 7. The zero-order chi connectivity index (χ0) is 15.2. The smallest absolute Gasteiger partial charge is 0.226 e. The molecule has 0 bridgehead atoms. The minimum absolute atomic E-state index is 0.0119. The second-order valence-electron chi connectivity index (χ2n) is 5.23. The summed E-state index contributed by atoms with van der Waals surface area (Å²) in [7, 11) is 0. The Morgan fingerprint density at radius 2 is 2.24 bits per heavy atom. The lowest BCUT2D eigenvalue weighted by atomic mass is 10.0. The molecule has 21 heavy (non-hydrogen) atoms.